The Labute approximate surface area is 224 Å². The molecule has 0 aliphatic heterocycles. The lowest BCUT2D eigenvalue weighted by atomic mass is 9.89. The van der Waals surface area contributed by atoms with Crippen LogP contribution in [0.3, 0.4) is 0 Å². The van der Waals surface area contributed by atoms with Crippen LogP contribution in [0, 0.1) is 11.7 Å². The first-order chi connectivity index (χ1) is 18.4. The molecule has 1 aliphatic carbocycles. The standard InChI is InChI=1S/C30H27FN2O4S/c1-3-36-28(34)22(29(35)37-4-2)13-11-19-10-12-21(23(31)18-19)26-32-24-14-15-25(33-27(24)38-26)30(16-17-30)20-8-6-5-7-9-20/h5-10,12,14-18,22H,3-4,11,13H2,1-2H3. The Morgan fingerprint density at radius 2 is 1.66 bits per heavy atom. The maximum Gasteiger partial charge on any atom is 0.320 e. The van der Waals surface area contributed by atoms with Crippen molar-refractivity contribution in [3.8, 4) is 10.6 Å². The van der Waals surface area contributed by atoms with E-state index in [1.807, 2.05) is 30.3 Å². The molecule has 0 saturated heterocycles. The zero-order valence-corrected chi connectivity index (χ0v) is 22.0. The van der Waals surface area contributed by atoms with Crippen LogP contribution in [0.15, 0.2) is 72.8 Å². The molecule has 0 N–H and O–H groups in total. The lowest BCUT2D eigenvalue weighted by molar-refractivity contribution is -0.161. The van der Waals surface area contributed by atoms with Gasteiger partial charge in [0.2, 0.25) is 0 Å². The smallest absolute Gasteiger partial charge is 0.320 e. The van der Waals surface area contributed by atoms with Crippen molar-refractivity contribution in [3.05, 3.63) is 95.5 Å². The molecule has 0 atom stereocenters. The molecule has 0 unspecified atom stereocenters. The molecule has 0 amide bonds. The van der Waals surface area contributed by atoms with E-state index in [0.717, 1.165) is 16.1 Å². The molecule has 2 heterocycles. The number of carbonyl (C=O) groups is 2. The van der Waals surface area contributed by atoms with Crippen LogP contribution in [0.1, 0.15) is 37.1 Å². The van der Waals surface area contributed by atoms with Crippen LogP contribution in [0.2, 0.25) is 0 Å². The number of hydrogen-bond donors (Lipinski definition) is 0. The number of ether oxygens (including phenoxy) is 2. The molecule has 0 saturated carbocycles. The molecule has 0 fully saturated rings. The van der Waals surface area contributed by atoms with E-state index in [1.165, 1.54) is 17.4 Å². The summed E-state index contributed by atoms with van der Waals surface area (Å²) in [7, 11) is 0. The van der Waals surface area contributed by atoms with Crippen molar-refractivity contribution in [2.75, 3.05) is 13.2 Å². The molecule has 1 aliphatic rings. The third-order valence-corrected chi connectivity index (χ3v) is 7.56. The van der Waals surface area contributed by atoms with Crippen molar-refractivity contribution in [2.24, 2.45) is 5.92 Å². The van der Waals surface area contributed by atoms with Crippen molar-refractivity contribution in [1.82, 2.24) is 9.97 Å². The summed E-state index contributed by atoms with van der Waals surface area (Å²) < 4.78 is 25.2. The molecule has 0 radical (unpaired) electrons. The van der Waals surface area contributed by atoms with Crippen LogP contribution >= 0.6 is 11.3 Å². The first kappa shape index (κ1) is 25.7. The molecule has 0 spiro atoms. The van der Waals surface area contributed by atoms with Gasteiger partial charge in [0.1, 0.15) is 21.2 Å². The molecule has 6 nitrogen and oxygen atoms in total. The zero-order chi connectivity index (χ0) is 26.7. The summed E-state index contributed by atoms with van der Waals surface area (Å²) in [5.74, 6) is -2.71. The summed E-state index contributed by atoms with van der Waals surface area (Å²) >= 11 is 1.35. The molecule has 5 rings (SSSR count). The van der Waals surface area contributed by atoms with Crippen molar-refractivity contribution in [1.29, 1.82) is 0 Å². The third kappa shape index (κ3) is 5.09. The summed E-state index contributed by atoms with van der Waals surface area (Å²) in [6.45, 7) is 3.69. The van der Waals surface area contributed by atoms with Gasteiger partial charge in [-0.25, -0.2) is 14.4 Å². The van der Waals surface area contributed by atoms with Crippen molar-refractivity contribution in [2.45, 2.75) is 32.1 Å². The van der Waals surface area contributed by atoms with Gasteiger partial charge in [0.05, 0.1) is 24.3 Å². The molecule has 8 heteroatoms. The van der Waals surface area contributed by atoms with Gasteiger partial charge in [-0.15, -0.1) is 0 Å². The minimum Gasteiger partial charge on any atom is -0.465 e. The zero-order valence-electron chi connectivity index (χ0n) is 21.1. The molecular weight excluding hydrogens is 503 g/mol. The van der Waals surface area contributed by atoms with Gasteiger partial charge in [0, 0.05) is 5.56 Å². The molecule has 38 heavy (non-hydrogen) atoms. The molecule has 194 valence electrons. The Bertz CT molecular complexity index is 1490. The van der Waals surface area contributed by atoms with Gasteiger partial charge in [-0.1, -0.05) is 59.9 Å². The van der Waals surface area contributed by atoms with E-state index in [0.29, 0.717) is 28.1 Å². The van der Waals surface area contributed by atoms with Gasteiger partial charge in [-0.05, 0) is 62.1 Å². The van der Waals surface area contributed by atoms with Crippen LogP contribution in [-0.2, 0) is 30.9 Å². The average molecular weight is 531 g/mol. The van der Waals surface area contributed by atoms with E-state index in [-0.39, 0.29) is 25.0 Å². The first-order valence-electron chi connectivity index (χ1n) is 12.6. The number of benzene rings is 2. The fraction of sp³-hybridized carbons (Fsp3) is 0.267. The van der Waals surface area contributed by atoms with Gasteiger partial charge in [0.25, 0.3) is 0 Å². The number of thiazole rings is 1. The minimum atomic E-state index is -1.04. The normalized spacial score (nSPS) is 13.6. The highest BCUT2D eigenvalue weighted by Gasteiger charge is 2.39. The second-order valence-electron chi connectivity index (χ2n) is 9.02. The van der Waals surface area contributed by atoms with Crippen LogP contribution in [0.25, 0.3) is 20.9 Å². The number of rotatable bonds is 10. The lowest BCUT2D eigenvalue weighted by Gasteiger charge is -2.15. The molecular formula is C30H27FN2O4S. The van der Waals surface area contributed by atoms with Crippen LogP contribution in [0.4, 0.5) is 4.39 Å². The first-order valence-corrected chi connectivity index (χ1v) is 13.4. The number of aryl methyl sites for hydroxylation is 1. The van der Waals surface area contributed by atoms with Gasteiger partial charge in [-0.2, -0.15) is 0 Å². The number of halogens is 1. The second-order valence-corrected chi connectivity index (χ2v) is 10.00. The summed E-state index contributed by atoms with van der Waals surface area (Å²) in [4.78, 5) is 34.7. The molecule has 0 bridgehead atoms. The maximum absolute atomic E-state index is 15.2. The highest BCUT2D eigenvalue weighted by atomic mass is 32.1. The Morgan fingerprint density at radius 3 is 2.29 bits per heavy atom. The monoisotopic (exact) mass is 530 g/mol. The predicted octanol–water partition coefficient (Wildman–Crippen LogP) is 6.03. The van der Waals surface area contributed by atoms with E-state index in [9.17, 15) is 9.59 Å². The second kappa shape index (κ2) is 10.8. The largest absolute Gasteiger partial charge is 0.465 e. The highest BCUT2D eigenvalue weighted by molar-refractivity contribution is 7.21. The molecule has 2 aromatic heterocycles. The number of allylic oxidation sites excluding steroid dienone is 2. The minimum absolute atomic E-state index is 0.167. The Kier molecular flexibility index (Phi) is 7.33. The van der Waals surface area contributed by atoms with Gasteiger partial charge < -0.3 is 9.47 Å². The van der Waals surface area contributed by atoms with E-state index in [2.05, 4.69) is 29.3 Å². The van der Waals surface area contributed by atoms with E-state index in [4.69, 9.17) is 14.5 Å². The fourth-order valence-corrected chi connectivity index (χ4v) is 5.45. The van der Waals surface area contributed by atoms with Crippen LogP contribution < -0.4 is 0 Å². The maximum atomic E-state index is 15.2. The third-order valence-electron chi connectivity index (χ3n) is 6.56. The predicted molar refractivity (Wildman–Crippen MR) is 144 cm³/mol. The number of pyridine rings is 1. The van der Waals surface area contributed by atoms with Gasteiger partial charge in [0.15, 0.2) is 5.92 Å². The fourth-order valence-electron chi connectivity index (χ4n) is 4.49. The van der Waals surface area contributed by atoms with E-state index in [1.54, 1.807) is 26.0 Å². The van der Waals surface area contributed by atoms with Gasteiger partial charge >= 0.3 is 11.9 Å². The van der Waals surface area contributed by atoms with Crippen LogP contribution in [0.5, 0.6) is 0 Å². The molecule has 4 aromatic rings. The van der Waals surface area contributed by atoms with Crippen molar-refractivity contribution in [3.63, 3.8) is 0 Å². The summed E-state index contributed by atoms with van der Waals surface area (Å²) in [6, 6.07) is 19.0. The van der Waals surface area contributed by atoms with Gasteiger partial charge in [-0.3, -0.25) is 9.59 Å². The van der Waals surface area contributed by atoms with E-state index < -0.39 is 23.7 Å². The number of esters is 2. The average Bonchev–Trinajstić information content (AvgIpc) is 3.62. The topological polar surface area (TPSA) is 78.4 Å². The quantitative estimate of drug-likeness (QED) is 0.142. The number of nitrogens with zero attached hydrogens (tertiary/aromatic N) is 2. The van der Waals surface area contributed by atoms with Crippen LogP contribution in [-0.4, -0.2) is 35.1 Å². The summed E-state index contributed by atoms with van der Waals surface area (Å²) in [5, 5.41) is 0.544. The number of hydrogen-bond acceptors (Lipinski definition) is 7. The van der Waals surface area contributed by atoms with Crippen molar-refractivity contribution >= 4 is 33.6 Å². The highest BCUT2D eigenvalue weighted by Crippen LogP contribution is 2.45. The van der Waals surface area contributed by atoms with E-state index >= 15 is 4.39 Å². The molecule has 2 aromatic carbocycles. The summed E-state index contributed by atoms with van der Waals surface area (Å²) in [6.07, 6.45) is 4.75. The Balaban J connectivity index is 1.34. The van der Waals surface area contributed by atoms with Crippen molar-refractivity contribution < 1.29 is 23.5 Å². The number of carbonyl (C=O) groups excluding carboxylic acids is 2. The summed E-state index contributed by atoms with van der Waals surface area (Å²) in [5.41, 5.74) is 3.54. The Hall–Kier alpha value is -3.91. The SMILES string of the molecule is CCOC(=O)C(CCc1ccc(-c2nc3ccc(C4(c5ccccc5)C=C4)nc3s2)c(F)c1)C(=O)OCC. The number of fused-ring (bicyclic) bond motifs is 1. The number of aromatic nitrogens is 2. The Morgan fingerprint density at radius 1 is 0.947 bits per heavy atom. The lowest BCUT2D eigenvalue weighted by Crippen LogP contribution is -2.28.